The van der Waals surface area contributed by atoms with Crippen molar-refractivity contribution in [2.75, 3.05) is 13.2 Å². The molecule has 51 heavy (non-hydrogen) atoms. The van der Waals surface area contributed by atoms with E-state index in [9.17, 15) is 19.3 Å². The summed E-state index contributed by atoms with van der Waals surface area (Å²) < 4.78 is 26.1. The average molecular weight is 735 g/mol. The molecular formula is C41H67O9P. The third kappa shape index (κ3) is 38.3. The van der Waals surface area contributed by atoms with E-state index in [0.29, 0.717) is 19.3 Å². The van der Waals surface area contributed by atoms with E-state index >= 15 is 0 Å². The van der Waals surface area contributed by atoms with Crippen LogP contribution in [-0.2, 0) is 28.2 Å². The molecule has 290 valence electrons. The van der Waals surface area contributed by atoms with Crippen molar-refractivity contribution in [1.29, 1.82) is 0 Å². The number of ether oxygens (including phenoxy) is 2. The van der Waals surface area contributed by atoms with Crippen LogP contribution in [-0.4, -0.2) is 52.3 Å². The van der Waals surface area contributed by atoms with Gasteiger partial charge in [0.15, 0.2) is 6.10 Å². The monoisotopic (exact) mass is 734 g/mol. The molecule has 0 aromatic carbocycles. The molecule has 0 fully saturated rings. The zero-order valence-electron chi connectivity index (χ0n) is 31.3. The van der Waals surface area contributed by atoms with Crippen LogP contribution in [0.3, 0.4) is 0 Å². The summed E-state index contributed by atoms with van der Waals surface area (Å²) in [5, 5.41) is 10.2. The molecule has 0 heterocycles. The molecule has 0 rings (SSSR count). The third-order valence-electron chi connectivity index (χ3n) is 7.50. The maximum Gasteiger partial charge on any atom is 0.469 e. The van der Waals surface area contributed by atoms with E-state index in [0.717, 1.165) is 51.4 Å². The summed E-state index contributed by atoms with van der Waals surface area (Å²) in [5.41, 5.74) is 0. The first-order valence-corrected chi connectivity index (χ1v) is 20.5. The Hall–Kier alpha value is -2.81. The standard InChI is InChI=1S/C41H67O9P/c1-3-5-7-9-11-13-15-17-18-20-22-24-26-28-30-34-41(44)50-39(37-49-51(45,46)47)36-48-40(43)35-31-33-38(42)32-29-27-25-23-21-19-16-14-12-10-8-6-4-2/h5,7,11,13,17-19,21-22,24-25,27,29,32,38-39,42H,3-4,6,8-10,12,14-16,20,23,26,28,30-31,33-37H2,1-2H3,(H2,45,46,47)/b7-5-,13-11-,18-17-,21-19+,24-22-,27-25+,32-29+/t38?,39-/m1/s1. The lowest BCUT2D eigenvalue weighted by molar-refractivity contribution is -0.161. The first-order valence-electron chi connectivity index (χ1n) is 19.0. The van der Waals surface area contributed by atoms with Crippen LogP contribution < -0.4 is 0 Å². The molecule has 9 nitrogen and oxygen atoms in total. The first kappa shape index (κ1) is 48.2. The second kappa shape index (κ2) is 35.6. The second-order valence-corrected chi connectivity index (χ2v) is 13.6. The number of hydrogen-bond donors (Lipinski definition) is 3. The highest BCUT2D eigenvalue weighted by Gasteiger charge is 2.23. The van der Waals surface area contributed by atoms with E-state index in [1.807, 2.05) is 12.2 Å². The smallest absolute Gasteiger partial charge is 0.462 e. The van der Waals surface area contributed by atoms with Crippen molar-refractivity contribution in [2.24, 2.45) is 0 Å². The van der Waals surface area contributed by atoms with Gasteiger partial charge in [-0.3, -0.25) is 14.1 Å². The van der Waals surface area contributed by atoms with Crippen molar-refractivity contribution in [2.45, 2.75) is 148 Å². The Labute approximate surface area is 308 Å². The molecule has 1 unspecified atom stereocenters. The Bertz CT molecular complexity index is 1110. The minimum Gasteiger partial charge on any atom is -0.462 e. The van der Waals surface area contributed by atoms with Gasteiger partial charge in [0.25, 0.3) is 0 Å². The Morgan fingerprint density at radius 2 is 1.18 bits per heavy atom. The second-order valence-electron chi connectivity index (χ2n) is 12.4. The molecule has 0 aromatic rings. The molecule has 10 heteroatoms. The average Bonchev–Trinajstić information content (AvgIpc) is 3.09. The van der Waals surface area contributed by atoms with Crippen LogP contribution in [0.5, 0.6) is 0 Å². The van der Waals surface area contributed by atoms with Crippen molar-refractivity contribution < 1.29 is 43.0 Å². The van der Waals surface area contributed by atoms with Crippen LogP contribution in [0, 0.1) is 0 Å². The number of rotatable bonds is 33. The van der Waals surface area contributed by atoms with E-state index in [1.54, 1.807) is 12.2 Å². The summed E-state index contributed by atoms with van der Waals surface area (Å²) in [6, 6.07) is 0. The largest absolute Gasteiger partial charge is 0.469 e. The summed E-state index contributed by atoms with van der Waals surface area (Å²) in [7, 11) is -4.81. The zero-order valence-corrected chi connectivity index (χ0v) is 32.2. The number of aliphatic hydroxyl groups excluding tert-OH is 1. The molecule has 0 aromatic heterocycles. The Morgan fingerprint density at radius 3 is 1.80 bits per heavy atom. The summed E-state index contributed by atoms with van der Waals surface area (Å²) in [4.78, 5) is 42.7. The number of unbranched alkanes of at least 4 members (excludes halogenated alkanes) is 8. The predicted octanol–water partition coefficient (Wildman–Crippen LogP) is 10.3. The van der Waals surface area contributed by atoms with Gasteiger partial charge in [0.1, 0.15) is 6.61 Å². The number of esters is 2. The molecule has 0 amide bonds. The fraction of sp³-hybridized carbons (Fsp3) is 0.610. The molecule has 0 aliphatic heterocycles. The number of phosphoric ester groups is 1. The van der Waals surface area contributed by atoms with Gasteiger partial charge in [0.05, 0.1) is 12.7 Å². The van der Waals surface area contributed by atoms with Gasteiger partial charge >= 0.3 is 19.8 Å². The molecular weight excluding hydrogens is 667 g/mol. The van der Waals surface area contributed by atoms with Crippen molar-refractivity contribution >= 4 is 19.8 Å². The molecule has 0 bridgehead atoms. The lowest BCUT2D eigenvalue weighted by atomic mass is 10.1. The molecule has 0 radical (unpaired) electrons. The summed E-state index contributed by atoms with van der Waals surface area (Å²) >= 11 is 0. The Kier molecular flexibility index (Phi) is 33.6. The van der Waals surface area contributed by atoms with E-state index < -0.39 is 45.2 Å². The van der Waals surface area contributed by atoms with Crippen LogP contribution in [0.25, 0.3) is 0 Å². The van der Waals surface area contributed by atoms with E-state index in [-0.39, 0.29) is 12.8 Å². The van der Waals surface area contributed by atoms with Crippen LogP contribution in [0.15, 0.2) is 85.1 Å². The van der Waals surface area contributed by atoms with Crippen molar-refractivity contribution in [3.05, 3.63) is 85.1 Å². The highest BCUT2D eigenvalue weighted by Crippen LogP contribution is 2.35. The van der Waals surface area contributed by atoms with Crippen LogP contribution in [0.2, 0.25) is 0 Å². The quantitative estimate of drug-likeness (QED) is 0.0198. The van der Waals surface area contributed by atoms with Gasteiger partial charge in [-0.1, -0.05) is 131 Å². The van der Waals surface area contributed by atoms with Crippen molar-refractivity contribution in [3.63, 3.8) is 0 Å². The van der Waals surface area contributed by atoms with Gasteiger partial charge in [-0.05, 0) is 77.0 Å². The molecule has 0 spiro atoms. The van der Waals surface area contributed by atoms with Crippen LogP contribution in [0.1, 0.15) is 136 Å². The number of phosphoric acid groups is 1. The van der Waals surface area contributed by atoms with E-state index in [2.05, 4.69) is 79.1 Å². The fourth-order valence-corrected chi connectivity index (χ4v) is 5.03. The number of aliphatic hydroxyl groups is 1. The van der Waals surface area contributed by atoms with Crippen molar-refractivity contribution in [1.82, 2.24) is 0 Å². The van der Waals surface area contributed by atoms with Crippen LogP contribution >= 0.6 is 7.82 Å². The topological polar surface area (TPSA) is 140 Å². The molecule has 0 saturated heterocycles. The molecule has 0 aliphatic carbocycles. The number of carbonyl (C=O) groups is 2. The van der Waals surface area contributed by atoms with Gasteiger partial charge < -0.3 is 24.4 Å². The van der Waals surface area contributed by atoms with Gasteiger partial charge in [0, 0.05) is 12.8 Å². The summed E-state index contributed by atoms with van der Waals surface area (Å²) in [5.74, 6) is -1.14. The van der Waals surface area contributed by atoms with Gasteiger partial charge in [0.2, 0.25) is 0 Å². The maximum atomic E-state index is 12.3. The molecule has 0 aliphatic rings. The highest BCUT2D eigenvalue weighted by atomic mass is 31.2. The molecule has 3 N–H and O–H groups in total. The molecule has 2 atom stereocenters. The Morgan fingerprint density at radius 1 is 0.627 bits per heavy atom. The van der Waals surface area contributed by atoms with Crippen LogP contribution in [0.4, 0.5) is 0 Å². The maximum absolute atomic E-state index is 12.3. The lowest BCUT2D eigenvalue weighted by Crippen LogP contribution is -2.29. The summed E-state index contributed by atoms with van der Waals surface area (Å²) in [6.07, 6.45) is 43.4. The number of hydrogen-bond acceptors (Lipinski definition) is 7. The lowest BCUT2D eigenvalue weighted by Gasteiger charge is -2.18. The summed E-state index contributed by atoms with van der Waals surface area (Å²) in [6.45, 7) is 3.34. The predicted molar refractivity (Wildman–Crippen MR) is 208 cm³/mol. The number of carbonyl (C=O) groups excluding carboxylic acids is 2. The molecule has 0 saturated carbocycles. The first-order chi connectivity index (χ1) is 24.7. The van der Waals surface area contributed by atoms with Gasteiger partial charge in [-0.2, -0.15) is 0 Å². The normalized spacial score (nSPS) is 14.1. The minimum absolute atomic E-state index is 0.0292. The number of allylic oxidation sites excluding steroid dienone is 13. The van der Waals surface area contributed by atoms with Crippen molar-refractivity contribution in [3.8, 4) is 0 Å². The minimum atomic E-state index is -4.81. The zero-order chi connectivity index (χ0) is 37.7. The van der Waals surface area contributed by atoms with Gasteiger partial charge in [-0.25, -0.2) is 4.57 Å². The highest BCUT2D eigenvalue weighted by molar-refractivity contribution is 7.46. The Balaban J connectivity index is 4.25. The van der Waals surface area contributed by atoms with E-state index in [4.69, 9.17) is 19.3 Å². The third-order valence-corrected chi connectivity index (χ3v) is 7.99. The van der Waals surface area contributed by atoms with Gasteiger partial charge in [-0.15, -0.1) is 0 Å². The van der Waals surface area contributed by atoms with E-state index in [1.165, 1.54) is 38.5 Å². The SMILES string of the molecule is CC/C=C\C/C=C\C/C=C\C/C=C\CCCCC(=O)O[C@H](COC(=O)CCCC(O)/C=C/C=C/C/C=C/CCCCCCCC)COP(=O)(O)O. The fourth-order valence-electron chi connectivity index (χ4n) is 4.66.